The Kier molecular flexibility index (Phi) is 1.98. The number of rotatable bonds is 0. The van der Waals surface area contributed by atoms with E-state index in [1.54, 1.807) is 12.4 Å². The summed E-state index contributed by atoms with van der Waals surface area (Å²) in [7, 11) is 0. The van der Waals surface area contributed by atoms with Gasteiger partial charge in [0.15, 0.2) is 0 Å². The monoisotopic (exact) mass is 265 g/mol. The van der Waals surface area contributed by atoms with Crippen LogP contribution in [0, 0.1) is 0 Å². The second kappa shape index (κ2) is 3.34. The first-order valence-electron chi connectivity index (χ1n) is 4.64. The molecule has 3 rings (SSSR count). The first-order chi connectivity index (χ1) is 7.34. The minimum absolute atomic E-state index is 0.630. The molecule has 0 amide bonds. The van der Waals surface area contributed by atoms with Crippen LogP contribution in [0.1, 0.15) is 0 Å². The van der Waals surface area contributed by atoms with Crippen molar-refractivity contribution in [3.8, 4) is 17.3 Å². The molecular weight excluding hydrogens is 258 g/mol. The molecule has 2 aromatic rings. The van der Waals surface area contributed by atoms with Gasteiger partial charge in [0.2, 0.25) is 5.88 Å². The Morgan fingerprint density at radius 3 is 3.27 bits per heavy atom. The predicted molar refractivity (Wildman–Crippen MR) is 58.7 cm³/mol. The zero-order valence-corrected chi connectivity index (χ0v) is 9.44. The molecule has 0 aliphatic carbocycles. The van der Waals surface area contributed by atoms with Crippen molar-refractivity contribution in [2.24, 2.45) is 0 Å². The summed E-state index contributed by atoms with van der Waals surface area (Å²) in [6, 6.07) is 1.98. The third-order valence-electron chi connectivity index (χ3n) is 2.35. The summed E-state index contributed by atoms with van der Waals surface area (Å²) in [5, 5.41) is 0. The molecule has 3 heterocycles. The summed E-state index contributed by atoms with van der Waals surface area (Å²) < 4.78 is 8.55. The summed E-state index contributed by atoms with van der Waals surface area (Å²) in [6.45, 7) is 1.44. The Labute approximate surface area is 95.1 Å². The smallest absolute Gasteiger partial charge is 0.224 e. The average molecular weight is 266 g/mol. The quantitative estimate of drug-likeness (QED) is 0.733. The van der Waals surface area contributed by atoms with Crippen LogP contribution in [0.25, 0.3) is 11.4 Å². The fourth-order valence-electron chi connectivity index (χ4n) is 1.68. The number of ether oxygens (including phenoxy) is 1. The molecule has 0 saturated carbocycles. The van der Waals surface area contributed by atoms with Crippen molar-refractivity contribution in [1.82, 2.24) is 14.5 Å². The lowest BCUT2D eigenvalue weighted by atomic mass is 10.2. The van der Waals surface area contributed by atoms with Gasteiger partial charge in [0.05, 0.1) is 12.1 Å². The number of pyridine rings is 1. The fraction of sp³-hybridized carbons (Fsp3) is 0.200. The van der Waals surface area contributed by atoms with Gasteiger partial charge in [0, 0.05) is 23.1 Å². The van der Waals surface area contributed by atoms with E-state index in [0.29, 0.717) is 12.5 Å². The molecule has 0 N–H and O–H groups in total. The summed E-state index contributed by atoms with van der Waals surface area (Å²) >= 11 is 3.40. The highest BCUT2D eigenvalue weighted by Gasteiger charge is 2.17. The van der Waals surface area contributed by atoms with E-state index in [1.807, 2.05) is 12.3 Å². The molecule has 0 unspecified atom stereocenters. The third-order valence-corrected chi connectivity index (χ3v) is 2.78. The Morgan fingerprint density at radius 1 is 1.40 bits per heavy atom. The van der Waals surface area contributed by atoms with Gasteiger partial charge in [0.25, 0.3) is 0 Å². The SMILES string of the molecule is Brc1cnc2c(c1)-c1nccn1CCO2. The highest BCUT2D eigenvalue weighted by atomic mass is 79.9. The summed E-state index contributed by atoms with van der Waals surface area (Å²) in [5.74, 6) is 1.57. The van der Waals surface area contributed by atoms with Gasteiger partial charge in [0.1, 0.15) is 12.4 Å². The molecule has 4 nitrogen and oxygen atoms in total. The molecule has 0 bridgehead atoms. The van der Waals surface area contributed by atoms with Crippen LogP contribution in [0.15, 0.2) is 29.1 Å². The molecule has 0 spiro atoms. The third kappa shape index (κ3) is 1.43. The highest BCUT2D eigenvalue weighted by Crippen LogP contribution is 2.31. The van der Waals surface area contributed by atoms with Crippen LogP contribution in [0.4, 0.5) is 0 Å². The number of hydrogen-bond donors (Lipinski definition) is 0. The van der Waals surface area contributed by atoms with Crippen molar-refractivity contribution >= 4 is 15.9 Å². The number of imidazole rings is 1. The normalized spacial score (nSPS) is 13.7. The number of fused-ring (bicyclic) bond motifs is 3. The van der Waals surface area contributed by atoms with Gasteiger partial charge in [-0.3, -0.25) is 0 Å². The minimum Gasteiger partial charge on any atom is -0.475 e. The topological polar surface area (TPSA) is 39.9 Å². The van der Waals surface area contributed by atoms with Crippen LogP contribution in [0.3, 0.4) is 0 Å². The number of halogens is 1. The van der Waals surface area contributed by atoms with E-state index >= 15 is 0 Å². The van der Waals surface area contributed by atoms with Crippen LogP contribution >= 0.6 is 15.9 Å². The van der Waals surface area contributed by atoms with Crippen molar-refractivity contribution in [2.75, 3.05) is 6.61 Å². The molecule has 0 atom stereocenters. The largest absolute Gasteiger partial charge is 0.475 e. The number of aromatic nitrogens is 3. The summed E-state index contributed by atoms with van der Waals surface area (Å²) in [6.07, 6.45) is 5.48. The minimum atomic E-state index is 0.630. The second-order valence-electron chi connectivity index (χ2n) is 3.30. The van der Waals surface area contributed by atoms with E-state index in [1.165, 1.54) is 0 Å². The van der Waals surface area contributed by atoms with Gasteiger partial charge in [-0.15, -0.1) is 0 Å². The van der Waals surface area contributed by atoms with Crippen LogP contribution in [0.2, 0.25) is 0 Å². The maximum Gasteiger partial charge on any atom is 0.224 e. The summed E-state index contributed by atoms with van der Waals surface area (Å²) in [4.78, 5) is 8.56. The van der Waals surface area contributed by atoms with Crippen LogP contribution in [0.5, 0.6) is 5.88 Å². The molecule has 2 aromatic heterocycles. The van der Waals surface area contributed by atoms with Gasteiger partial charge in [-0.1, -0.05) is 0 Å². The van der Waals surface area contributed by atoms with Crippen molar-refractivity contribution in [3.63, 3.8) is 0 Å². The molecule has 0 fully saturated rings. The zero-order valence-electron chi connectivity index (χ0n) is 7.85. The van der Waals surface area contributed by atoms with Crippen molar-refractivity contribution in [3.05, 3.63) is 29.1 Å². The molecule has 1 aliphatic heterocycles. The van der Waals surface area contributed by atoms with E-state index in [0.717, 1.165) is 22.4 Å². The lowest BCUT2D eigenvalue weighted by Crippen LogP contribution is -2.04. The van der Waals surface area contributed by atoms with Crippen LogP contribution in [-0.2, 0) is 6.54 Å². The Hall–Kier alpha value is -1.36. The van der Waals surface area contributed by atoms with Crippen molar-refractivity contribution in [2.45, 2.75) is 6.54 Å². The lowest BCUT2D eigenvalue weighted by Gasteiger charge is -2.04. The van der Waals surface area contributed by atoms with E-state index in [-0.39, 0.29) is 0 Å². The molecule has 0 saturated heterocycles. The maximum absolute atomic E-state index is 5.55. The predicted octanol–water partition coefficient (Wildman–Crippen LogP) is 2.10. The lowest BCUT2D eigenvalue weighted by molar-refractivity contribution is 0.296. The first kappa shape index (κ1) is 8.91. The van der Waals surface area contributed by atoms with Gasteiger partial charge < -0.3 is 9.30 Å². The fourth-order valence-corrected chi connectivity index (χ4v) is 2.01. The number of nitrogens with zero attached hydrogens (tertiary/aromatic N) is 3. The Morgan fingerprint density at radius 2 is 2.33 bits per heavy atom. The van der Waals surface area contributed by atoms with Crippen LogP contribution in [-0.4, -0.2) is 21.1 Å². The highest BCUT2D eigenvalue weighted by molar-refractivity contribution is 9.10. The molecular formula is C10H8BrN3O. The molecule has 5 heteroatoms. The standard InChI is InChI=1S/C10H8BrN3O/c11-7-5-8-9-12-1-2-14(9)3-4-15-10(8)13-6-7/h1-2,5-6H,3-4H2. The van der Waals surface area contributed by atoms with E-state index in [4.69, 9.17) is 4.74 Å². The second-order valence-corrected chi connectivity index (χ2v) is 4.21. The first-order valence-corrected chi connectivity index (χ1v) is 5.44. The van der Waals surface area contributed by atoms with Crippen LogP contribution < -0.4 is 4.74 Å². The molecule has 0 radical (unpaired) electrons. The van der Waals surface area contributed by atoms with Gasteiger partial charge in [-0.05, 0) is 22.0 Å². The van der Waals surface area contributed by atoms with E-state index in [2.05, 4.69) is 30.5 Å². The van der Waals surface area contributed by atoms with E-state index in [9.17, 15) is 0 Å². The maximum atomic E-state index is 5.55. The number of hydrogen-bond acceptors (Lipinski definition) is 3. The summed E-state index contributed by atoms with van der Waals surface area (Å²) in [5.41, 5.74) is 0.937. The molecule has 1 aliphatic rings. The van der Waals surface area contributed by atoms with Gasteiger partial charge in [-0.2, -0.15) is 0 Å². The van der Waals surface area contributed by atoms with Gasteiger partial charge >= 0.3 is 0 Å². The Bertz CT molecular complexity index is 509. The molecule has 0 aromatic carbocycles. The van der Waals surface area contributed by atoms with Crippen molar-refractivity contribution < 1.29 is 4.74 Å². The molecule has 76 valence electrons. The van der Waals surface area contributed by atoms with E-state index < -0.39 is 0 Å². The Balaban J connectivity index is 2.27. The zero-order chi connectivity index (χ0) is 10.3. The van der Waals surface area contributed by atoms with Crippen molar-refractivity contribution in [1.29, 1.82) is 0 Å². The molecule has 15 heavy (non-hydrogen) atoms. The van der Waals surface area contributed by atoms with Gasteiger partial charge in [-0.25, -0.2) is 9.97 Å². The average Bonchev–Trinajstić information content (AvgIpc) is 2.62.